The van der Waals surface area contributed by atoms with Crippen LogP contribution in [-0.2, 0) is 10.0 Å². The minimum atomic E-state index is -3.54. The van der Waals surface area contributed by atoms with Gasteiger partial charge in [0.15, 0.2) is 0 Å². The van der Waals surface area contributed by atoms with E-state index in [0.717, 1.165) is 0 Å². The van der Waals surface area contributed by atoms with Crippen molar-refractivity contribution in [3.05, 3.63) is 28.7 Å². The minimum Gasteiger partial charge on any atom is -0.207 e. The van der Waals surface area contributed by atoms with E-state index in [4.69, 9.17) is 11.6 Å². The number of benzene rings is 1. The zero-order valence-corrected chi connectivity index (χ0v) is 12.2. The topological polar surface area (TPSA) is 46.2 Å². The van der Waals surface area contributed by atoms with E-state index >= 15 is 0 Å². The van der Waals surface area contributed by atoms with Crippen molar-refractivity contribution in [2.45, 2.75) is 24.3 Å². The number of halogens is 2. The molecule has 1 aromatic carbocycles. The molecule has 0 aliphatic carbocycles. The summed E-state index contributed by atoms with van der Waals surface area (Å²) in [5.74, 6) is 0.205. The van der Waals surface area contributed by atoms with Gasteiger partial charge in [0.05, 0.1) is 4.90 Å². The first-order chi connectivity index (χ1) is 7.28. The predicted octanol–water partition coefficient (Wildman–Crippen LogP) is 2.74. The molecule has 0 aliphatic rings. The highest BCUT2D eigenvalue weighted by atomic mass is 79.9. The van der Waals surface area contributed by atoms with Crippen LogP contribution < -0.4 is 4.72 Å². The van der Waals surface area contributed by atoms with Gasteiger partial charge in [0, 0.05) is 15.9 Å². The lowest BCUT2D eigenvalue weighted by Crippen LogP contribution is -2.44. The lowest BCUT2D eigenvalue weighted by atomic mass is 10.1. The van der Waals surface area contributed by atoms with Gasteiger partial charge < -0.3 is 0 Å². The highest BCUT2D eigenvalue weighted by Gasteiger charge is 2.26. The van der Waals surface area contributed by atoms with Crippen LogP contribution in [-0.4, -0.2) is 19.8 Å². The molecule has 1 aromatic rings. The predicted molar refractivity (Wildman–Crippen MR) is 69.3 cm³/mol. The summed E-state index contributed by atoms with van der Waals surface area (Å²) in [5, 5.41) is 0. The summed E-state index contributed by atoms with van der Waals surface area (Å²) in [5.41, 5.74) is -0.671. The third-order valence-corrected chi connectivity index (χ3v) is 5.25. The first-order valence-corrected chi connectivity index (χ1v) is 7.44. The standard InChI is InChI=1S/C10H13BrClNO2S/c1-10(2,7-12)13-16(14,15)9-6-4-3-5-8(9)11/h3-6,13H,7H2,1-2H3. The van der Waals surface area contributed by atoms with Crippen molar-refractivity contribution in [2.75, 3.05) is 5.88 Å². The molecule has 0 radical (unpaired) electrons. The van der Waals surface area contributed by atoms with Gasteiger partial charge in [-0.05, 0) is 41.9 Å². The molecule has 90 valence electrons. The second-order valence-electron chi connectivity index (χ2n) is 4.05. The van der Waals surface area contributed by atoms with Crippen molar-refractivity contribution in [1.82, 2.24) is 4.72 Å². The second-order valence-corrected chi connectivity index (χ2v) is 6.83. The van der Waals surface area contributed by atoms with Crippen LogP contribution in [0.5, 0.6) is 0 Å². The molecule has 0 atom stereocenters. The summed E-state index contributed by atoms with van der Waals surface area (Å²) < 4.78 is 27.1. The monoisotopic (exact) mass is 325 g/mol. The molecule has 0 amide bonds. The average molecular weight is 327 g/mol. The van der Waals surface area contributed by atoms with Gasteiger partial charge in [-0.1, -0.05) is 12.1 Å². The highest BCUT2D eigenvalue weighted by Crippen LogP contribution is 2.22. The Labute approximate surface area is 109 Å². The van der Waals surface area contributed by atoms with Crippen LogP contribution in [0.15, 0.2) is 33.6 Å². The largest absolute Gasteiger partial charge is 0.242 e. The van der Waals surface area contributed by atoms with Crippen LogP contribution in [0.3, 0.4) is 0 Å². The Balaban J connectivity index is 3.09. The molecule has 0 bridgehead atoms. The lowest BCUT2D eigenvalue weighted by Gasteiger charge is -2.23. The van der Waals surface area contributed by atoms with E-state index in [9.17, 15) is 8.42 Å². The summed E-state index contributed by atoms with van der Waals surface area (Å²) in [7, 11) is -3.54. The smallest absolute Gasteiger partial charge is 0.207 e. The molecule has 0 aromatic heterocycles. The van der Waals surface area contributed by atoms with Crippen molar-refractivity contribution >= 4 is 37.6 Å². The van der Waals surface area contributed by atoms with Gasteiger partial charge >= 0.3 is 0 Å². The number of rotatable bonds is 4. The number of alkyl halides is 1. The second kappa shape index (κ2) is 5.04. The van der Waals surface area contributed by atoms with Gasteiger partial charge in [-0.3, -0.25) is 0 Å². The first kappa shape index (κ1) is 14.0. The highest BCUT2D eigenvalue weighted by molar-refractivity contribution is 9.10. The SMILES string of the molecule is CC(C)(CCl)NS(=O)(=O)c1ccccc1Br. The molecule has 0 aliphatic heterocycles. The molecule has 16 heavy (non-hydrogen) atoms. The molecular weight excluding hydrogens is 314 g/mol. The Morgan fingerprint density at radius 3 is 2.44 bits per heavy atom. The number of hydrogen-bond acceptors (Lipinski definition) is 2. The molecule has 1 rings (SSSR count). The van der Waals surface area contributed by atoms with E-state index in [0.29, 0.717) is 4.47 Å². The molecule has 3 nitrogen and oxygen atoms in total. The van der Waals surface area contributed by atoms with E-state index in [-0.39, 0.29) is 10.8 Å². The quantitative estimate of drug-likeness (QED) is 0.865. The Morgan fingerprint density at radius 1 is 1.38 bits per heavy atom. The summed E-state index contributed by atoms with van der Waals surface area (Å²) in [6, 6.07) is 6.65. The fourth-order valence-corrected chi connectivity index (χ4v) is 3.67. The van der Waals surface area contributed by atoms with E-state index in [1.807, 2.05) is 0 Å². The zero-order chi connectivity index (χ0) is 12.4. The normalized spacial score (nSPS) is 12.8. The number of hydrogen-bond donors (Lipinski definition) is 1. The maximum Gasteiger partial charge on any atom is 0.242 e. The fourth-order valence-electron chi connectivity index (χ4n) is 1.11. The Bertz CT molecular complexity index is 473. The molecule has 0 fully saturated rings. The van der Waals surface area contributed by atoms with E-state index in [1.54, 1.807) is 32.0 Å². The number of sulfonamides is 1. The van der Waals surface area contributed by atoms with Crippen LogP contribution in [0.2, 0.25) is 0 Å². The van der Waals surface area contributed by atoms with E-state index in [1.165, 1.54) is 6.07 Å². The Morgan fingerprint density at radius 2 is 1.94 bits per heavy atom. The van der Waals surface area contributed by atoms with Gasteiger partial charge in [0.1, 0.15) is 0 Å². The van der Waals surface area contributed by atoms with E-state index < -0.39 is 15.6 Å². The van der Waals surface area contributed by atoms with Gasteiger partial charge in [-0.25, -0.2) is 13.1 Å². The van der Waals surface area contributed by atoms with Crippen LogP contribution in [0.25, 0.3) is 0 Å². The summed E-state index contributed by atoms with van der Waals surface area (Å²) in [6.07, 6.45) is 0. The molecular formula is C10H13BrClNO2S. The fraction of sp³-hybridized carbons (Fsp3) is 0.400. The summed E-state index contributed by atoms with van der Waals surface area (Å²) >= 11 is 8.90. The minimum absolute atomic E-state index is 0.205. The molecule has 0 saturated heterocycles. The molecule has 0 heterocycles. The summed E-state index contributed by atoms with van der Waals surface area (Å²) in [6.45, 7) is 3.46. The molecule has 0 saturated carbocycles. The molecule has 6 heteroatoms. The van der Waals surface area contributed by atoms with Gasteiger partial charge in [0.2, 0.25) is 10.0 Å². The Kier molecular flexibility index (Phi) is 4.40. The van der Waals surface area contributed by atoms with Crippen LogP contribution in [0.4, 0.5) is 0 Å². The third kappa shape index (κ3) is 3.45. The maximum absolute atomic E-state index is 12.0. The van der Waals surface area contributed by atoms with Crippen molar-refractivity contribution in [2.24, 2.45) is 0 Å². The van der Waals surface area contributed by atoms with Crippen molar-refractivity contribution in [1.29, 1.82) is 0 Å². The van der Waals surface area contributed by atoms with Crippen molar-refractivity contribution in [3.8, 4) is 0 Å². The molecule has 1 N–H and O–H groups in total. The zero-order valence-electron chi connectivity index (χ0n) is 9.00. The van der Waals surface area contributed by atoms with Crippen LogP contribution >= 0.6 is 27.5 Å². The van der Waals surface area contributed by atoms with Crippen molar-refractivity contribution in [3.63, 3.8) is 0 Å². The van der Waals surface area contributed by atoms with Gasteiger partial charge in [-0.15, -0.1) is 11.6 Å². The lowest BCUT2D eigenvalue weighted by molar-refractivity contribution is 0.495. The number of nitrogens with one attached hydrogen (secondary N) is 1. The summed E-state index contributed by atoms with van der Waals surface area (Å²) in [4.78, 5) is 0.216. The first-order valence-electron chi connectivity index (χ1n) is 4.63. The van der Waals surface area contributed by atoms with Crippen molar-refractivity contribution < 1.29 is 8.42 Å². The van der Waals surface area contributed by atoms with Crippen LogP contribution in [0, 0.1) is 0 Å². The molecule has 0 spiro atoms. The van der Waals surface area contributed by atoms with Gasteiger partial charge in [0.25, 0.3) is 0 Å². The van der Waals surface area contributed by atoms with Crippen LogP contribution in [0.1, 0.15) is 13.8 Å². The molecule has 0 unspecified atom stereocenters. The average Bonchev–Trinajstić information content (AvgIpc) is 2.16. The Hall–Kier alpha value is -0.100. The third-order valence-electron chi connectivity index (χ3n) is 1.87. The van der Waals surface area contributed by atoms with Gasteiger partial charge in [-0.2, -0.15) is 0 Å². The maximum atomic E-state index is 12.0. The van der Waals surface area contributed by atoms with E-state index in [2.05, 4.69) is 20.7 Å².